The maximum atomic E-state index is 12.3. The summed E-state index contributed by atoms with van der Waals surface area (Å²) in [6, 6.07) is 7.80. The van der Waals surface area contributed by atoms with Crippen LogP contribution >= 0.6 is 0 Å². The van der Waals surface area contributed by atoms with Crippen molar-refractivity contribution in [2.45, 2.75) is 38.7 Å². The van der Waals surface area contributed by atoms with Crippen molar-refractivity contribution in [3.05, 3.63) is 35.4 Å². The van der Waals surface area contributed by atoms with Gasteiger partial charge in [0, 0.05) is 31.1 Å². The van der Waals surface area contributed by atoms with E-state index in [0.29, 0.717) is 25.6 Å². The molecule has 2 aliphatic heterocycles. The molecular formula is C18H24N2O3. The van der Waals surface area contributed by atoms with E-state index in [1.54, 1.807) is 4.90 Å². The van der Waals surface area contributed by atoms with E-state index >= 15 is 0 Å². The van der Waals surface area contributed by atoms with Crippen molar-refractivity contribution in [1.29, 1.82) is 0 Å². The number of likely N-dealkylation sites (tertiary alicyclic amines) is 1. The first kappa shape index (κ1) is 15.8. The van der Waals surface area contributed by atoms with E-state index in [-0.39, 0.29) is 17.9 Å². The Bertz CT molecular complexity index is 621. The summed E-state index contributed by atoms with van der Waals surface area (Å²) in [6.07, 6.45) is 0.593. The van der Waals surface area contributed by atoms with Crippen LogP contribution in [0.2, 0.25) is 0 Å². The first-order chi connectivity index (χ1) is 10.8. The summed E-state index contributed by atoms with van der Waals surface area (Å²) in [7, 11) is 0. The third-order valence-electron chi connectivity index (χ3n) is 4.52. The first-order valence-corrected chi connectivity index (χ1v) is 8.20. The smallest absolute Gasteiger partial charge is 0.410 e. The number of benzene rings is 1. The SMILES string of the molecule is CC(C)(C)OC(=O)N1CC[C@@H]2c3ccccc3C(=O)NC[C@@H]2C1. The zero-order chi connectivity index (χ0) is 16.6. The summed E-state index contributed by atoms with van der Waals surface area (Å²) < 4.78 is 5.48. The van der Waals surface area contributed by atoms with Crippen LogP contribution in [0.3, 0.4) is 0 Å². The molecule has 1 aromatic carbocycles. The van der Waals surface area contributed by atoms with Crippen LogP contribution < -0.4 is 5.32 Å². The van der Waals surface area contributed by atoms with Gasteiger partial charge >= 0.3 is 6.09 Å². The molecule has 124 valence electrons. The van der Waals surface area contributed by atoms with Crippen LogP contribution in [-0.2, 0) is 4.74 Å². The number of ether oxygens (including phenoxy) is 1. The number of carbonyl (C=O) groups excluding carboxylic acids is 2. The molecule has 0 unspecified atom stereocenters. The van der Waals surface area contributed by atoms with Gasteiger partial charge in [-0.15, -0.1) is 0 Å². The Morgan fingerprint density at radius 3 is 2.78 bits per heavy atom. The second kappa shape index (κ2) is 5.87. The highest BCUT2D eigenvalue weighted by Gasteiger charge is 2.37. The molecular weight excluding hydrogens is 292 g/mol. The van der Waals surface area contributed by atoms with Crippen molar-refractivity contribution >= 4 is 12.0 Å². The third kappa shape index (κ3) is 3.33. The highest BCUT2D eigenvalue weighted by atomic mass is 16.6. The Morgan fingerprint density at radius 2 is 2.04 bits per heavy atom. The molecule has 1 N–H and O–H groups in total. The molecule has 0 radical (unpaired) electrons. The molecule has 2 aliphatic rings. The normalized spacial score (nSPS) is 24.1. The molecule has 2 heterocycles. The zero-order valence-electron chi connectivity index (χ0n) is 14.0. The standard InChI is InChI=1S/C18H24N2O3/c1-18(2,3)23-17(22)20-9-8-13-12(11-20)10-19-16(21)15-7-5-4-6-14(13)15/h4-7,12-13H,8-11H2,1-3H3,(H,19,21)/t12-,13+/m1/s1. The molecule has 5 nitrogen and oxygen atoms in total. The molecule has 5 heteroatoms. The van der Waals surface area contributed by atoms with Gasteiger partial charge in [0.2, 0.25) is 0 Å². The fraction of sp³-hybridized carbons (Fsp3) is 0.556. The summed E-state index contributed by atoms with van der Waals surface area (Å²) in [4.78, 5) is 26.3. The minimum absolute atomic E-state index is 0.0150. The zero-order valence-corrected chi connectivity index (χ0v) is 14.0. The summed E-state index contributed by atoms with van der Waals surface area (Å²) in [5.74, 6) is 0.520. The predicted molar refractivity (Wildman–Crippen MR) is 87.4 cm³/mol. The number of piperidine rings is 1. The summed E-state index contributed by atoms with van der Waals surface area (Å²) in [5, 5.41) is 2.99. The second-order valence-electron chi connectivity index (χ2n) is 7.38. The van der Waals surface area contributed by atoms with Gasteiger partial charge in [-0.25, -0.2) is 4.79 Å². The van der Waals surface area contributed by atoms with Crippen molar-refractivity contribution in [3.8, 4) is 0 Å². The average molecular weight is 316 g/mol. The molecule has 3 rings (SSSR count). The monoisotopic (exact) mass is 316 g/mol. The third-order valence-corrected chi connectivity index (χ3v) is 4.52. The minimum Gasteiger partial charge on any atom is -0.444 e. The minimum atomic E-state index is -0.488. The topological polar surface area (TPSA) is 58.6 Å². The average Bonchev–Trinajstić information content (AvgIpc) is 2.63. The Morgan fingerprint density at radius 1 is 1.30 bits per heavy atom. The number of carbonyl (C=O) groups is 2. The van der Waals surface area contributed by atoms with Crippen LogP contribution in [0.5, 0.6) is 0 Å². The van der Waals surface area contributed by atoms with Crippen LogP contribution in [0, 0.1) is 5.92 Å². The largest absolute Gasteiger partial charge is 0.444 e. The molecule has 2 atom stereocenters. The molecule has 0 bridgehead atoms. The maximum Gasteiger partial charge on any atom is 0.410 e. The van der Waals surface area contributed by atoms with E-state index < -0.39 is 5.60 Å². The quantitative estimate of drug-likeness (QED) is 0.800. The molecule has 23 heavy (non-hydrogen) atoms. The Labute approximate surface area is 137 Å². The van der Waals surface area contributed by atoms with Gasteiger partial charge in [-0.1, -0.05) is 18.2 Å². The Balaban J connectivity index is 1.78. The molecule has 0 saturated carbocycles. The van der Waals surface area contributed by atoms with E-state index in [9.17, 15) is 9.59 Å². The number of hydrogen-bond acceptors (Lipinski definition) is 3. The van der Waals surface area contributed by atoms with Crippen LogP contribution in [0.4, 0.5) is 4.79 Å². The van der Waals surface area contributed by atoms with Crippen molar-refractivity contribution in [1.82, 2.24) is 10.2 Å². The molecule has 1 saturated heterocycles. The molecule has 0 aliphatic carbocycles. The Kier molecular flexibility index (Phi) is 4.04. The summed E-state index contributed by atoms with van der Waals surface area (Å²) in [5.41, 5.74) is 1.39. The van der Waals surface area contributed by atoms with Crippen LogP contribution in [0.1, 0.15) is 49.0 Å². The van der Waals surface area contributed by atoms with Crippen molar-refractivity contribution < 1.29 is 14.3 Å². The first-order valence-electron chi connectivity index (χ1n) is 8.20. The van der Waals surface area contributed by atoms with E-state index in [1.165, 1.54) is 0 Å². The van der Waals surface area contributed by atoms with Crippen LogP contribution in [0.15, 0.2) is 24.3 Å². The van der Waals surface area contributed by atoms with Gasteiger partial charge in [0.25, 0.3) is 5.91 Å². The number of nitrogens with one attached hydrogen (secondary N) is 1. The van der Waals surface area contributed by atoms with Crippen molar-refractivity contribution in [3.63, 3.8) is 0 Å². The van der Waals surface area contributed by atoms with Gasteiger partial charge in [0.15, 0.2) is 0 Å². The highest BCUT2D eigenvalue weighted by Crippen LogP contribution is 2.36. The number of rotatable bonds is 0. The molecule has 1 fully saturated rings. The summed E-state index contributed by atoms with van der Waals surface area (Å²) in [6.45, 7) is 7.50. The van der Waals surface area contributed by atoms with Gasteiger partial charge in [-0.05, 0) is 44.7 Å². The number of hydrogen-bond donors (Lipinski definition) is 1. The highest BCUT2D eigenvalue weighted by molar-refractivity contribution is 5.96. The molecule has 2 amide bonds. The second-order valence-corrected chi connectivity index (χ2v) is 7.38. The van der Waals surface area contributed by atoms with E-state index in [2.05, 4.69) is 5.32 Å². The van der Waals surface area contributed by atoms with Gasteiger partial charge < -0.3 is 15.0 Å². The predicted octanol–water partition coefficient (Wildman–Crippen LogP) is 2.77. The number of fused-ring (bicyclic) bond motifs is 3. The summed E-state index contributed by atoms with van der Waals surface area (Å²) >= 11 is 0. The fourth-order valence-electron chi connectivity index (χ4n) is 3.49. The lowest BCUT2D eigenvalue weighted by Crippen LogP contribution is -2.47. The lowest BCUT2D eigenvalue weighted by Gasteiger charge is -2.38. The van der Waals surface area contributed by atoms with Crippen molar-refractivity contribution in [2.75, 3.05) is 19.6 Å². The Hall–Kier alpha value is -2.04. The maximum absolute atomic E-state index is 12.3. The van der Waals surface area contributed by atoms with E-state index in [1.807, 2.05) is 45.0 Å². The van der Waals surface area contributed by atoms with Gasteiger partial charge in [0.1, 0.15) is 5.60 Å². The lowest BCUT2D eigenvalue weighted by molar-refractivity contribution is 0.0148. The lowest BCUT2D eigenvalue weighted by atomic mass is 9.79. The molecule has 1 aromatic rings. The molecule has 0 aromatic heterocycles. The van der Waals surface area contributed by atoms with Crippen molar-refractivity contribution in [2.24, 2.45) is 5.92 Å². The van der Waals surface area contributed by atoms with Crippen LogP contribution in [-0.4, -0.2) is 42.1 Å². The van der Waals surface area contributed by atoms with E-state index in [4.69, 9.17) is 4.74 Å². The fourth-order valence-corrected chi connectivity index (χ4v) is 3.49. The van der Waals surface area contributed by atoms with Gasteiger partial charge in [0.05, 0.1) is 0 Å². The molecule has 0 spiro atoms. The van der Waals surface area contributed by atoms with E-state index in [0.717, 1.165) is 17.5 Å². The number of amides is 2. The van der Waals surface area contributed by atoms with Crippen LogP contribution in [0.25, 0.3) is 0 Å². The van der Waals surface area contributed by atoms with Gasteiger partial charge in [-0.3, -0.25) is 4.79 Å². The number of nitrogens with zero attached hydrogens (tertiary/aromatic N) is 1. The van der Waals surface area contributed by atoms with Gasteiger partial charge in [-0.2, -0.15) is 0 Å².